The standard InChI is InChI=1S/C35H57N7O12S/c1-24(54-35(46)39-11-6-10-36)25-21-28(49-2)29(22-27(25)42(47)48)53-14-5-9-32(44)38-13-16-51-18-20-52-19-17-50-15-12-37-31(43)8-4-3-7-30-33-26(23-55-30)40-34(45)41-33/h21-22,24,26,30,33H,3-20,23,36H2,1-2H3,(H,37,43)(H,38,44)(H,39,46)(H2,40,41,45)/t24?,26-,30-,33-/m0/s1. The van der Waals surface area contributed by atoms with E-state index >= 15 is 0 Å². The summed E-state index contributed by atoms with van der Waals surface area (Å²) in [6, 6.07) is 2.95. The molecule has 0 aromatic heterocycles. The number of methoxy groups -OCH3 is 1. The molecule has 0 saturated carbocycles. The predicted octanol–water partition coefficient (Wildman–Crippen LogP) is 1.91. The van der Waals surface area contributed by atoms with Crippen LogP contribution < -0.4 is 41.8 Å². The lowest BCUT2D eigenvalue weighted by Crippen LogP contribution is -2.36. The third-order valence-electron chi connectivity index (χ3n) is 8.65. The molecule has 2 fully saturated rings. The van der Waals surface area contributed by atoms with E-state index in [1.165, 1.54) is 26.2 Å². The molecule has 3 rings (SSSR count). The molecule has 1 aromatic rings. The summed E-state index contributed by atoms with van der Waals surface area (Å²) in [5.74, 6) is 1.09. The van der Waals surface area contributed by atoms with Gasteiger partial charge in [-0.15, -0.1) is 0 Å². The molecule has 20 heteroatoms. The SMILES string of the molecule is COc1cc(C(C)OC(=O)NCCCN)c([N+](=O)[O-])cc1OCCCC(=O)NCCOCCOCCOCCNC(=O)CCCC[C@@H]1SC[C@@H]2NC(=O)N[C@@H]21. The Balaban J connectivity index is 1.13. The number of unbranched alkanes of at least 4 members (excludes halogenated alkanes) is 1. The summed E-state index contributed by atoms with van der Waals surface area (Å²) in [6.45, 7) is 5.29. The zero-order valence-corrected chi connectivity index (χ0v) is 32.5. The quantitative estimate of drug-likeness (QED) is 0.0293. The van der Waals surface area contributed by atoms with Gasteiger partial charge in [-0.05, 0) is 45.2 Å². The predicted molar refractivity (Wildman–Crippen MR) is 203 cm³/mol. The van der Waals surface area contributed by atoms with Gasteiger partial charge in [0.1, 0.15) is 6.10 Å². The van der Waals surface area contributed by atoms with E-state index in [4.69, 9.17) is 34.2 Å². The Hall–Kier alpha value is -4.11. The number of carbonyl (C=O) groups excluding carboxylic acids is 4. The molecule has 310 valence electrons. The highest BCUT2D eigenvalue weighted by atomic mass is 32.2. The molecule has 0 aliphatic carbocycles. The second kappa shape index (κ2) is 25.9. The van der Waals surface area contributed by atoms with Crippen molar-refractivity contribution in [1.29, 1.82) is 0 Å². The molecule has 55 heavy (non-hydrogen) atoms. The molecule has 0 bridgehead atoms. The minimum absolute atomic E-state index is 0.00519. The van der Waals surface area contributed by atoms with Crippen LogP contribution in [0.5, 0.6) is 11.5 Å². The van der Waals surface area contributed by atoms with E-state index in [0.717, 1.165) is 25.0 Å². The minimum Gasteiger partial charge on any atom is -0.493 e. The van der Waals surface area contributed by atoms with Crippen molar-refractivity contribution in [3.05, 3.63) is 27.8 Å². The summed E-state index contributed by atoms with van der Waals surface area (Å²) in [4.78, 5) is 59.0. The van der Waals surface area contributed by atoms with Crippen molar-refractivity contribution in [2.24, 2.45) is 5.73 Å². The van der Waals surface area contributed by atoms with E-state index in [9.17, 15) is 29.3 Å². The molecule has 0 spiro atoms. The summed E-state index contributed by atoms with van der Waals surface area (Å²) in [5, 5.41) is 26.3. The van der Waals surface area contributed by atoms with Crippen LogP contribution in [-0.4, -0.2) is 131 Å². The van der Waals surface area contributed by atoms with Gasteiger partial charge in [-0.25, -0.2) is 9.59 Å². The molecule has 19 nitrogen and oxygen atoms in total. The number of rotatable bonds is 29. The Morgan fingerprint density at radius 2 is 1.55 bits per heavy atom. The van der Waals surface area contributed by atoms with E-state index in [-0.39, 0.29) is 65.7 Å². The molecule has 2 aliphatic rings. The number of hydrogen-bond donors (Lipinski definition) is 6. The van der Waals surface area contributed by atoms with Crippen LogP contribution in [-0.2, 0) is 28.5 Å². The van der Waals surface area contributed by atoms with Crippen molar-refractivity contribution in [3.8, 4) is 11.5 Å². The number of carbonyl (C=O) groups is 4. The van der Waals surface area contributed by atoms with Gasteiger partial charge < -0.3 is 60.7 Å². The number of nitrogens with zero attached hydrogens (tertiary/aromatic N) is 1. The number of thioether (sulfide) groups is 1. The monoisotopic (exact) mass is 799 g/mol. The fourth-order valence-corrected chi connectivity index (χ4v) is 7.36. The van der Waals surface area contributed by atoms with Gasteiger partial charge >= 0.3 is 12.1 Å². The average molecular weight is 800 g/mol. The van der Waals surface area contributed by atoms with Crippen LogP contribution in [0.3, 0.4) is 0 Å². The summed E-state index contributed by atoms with van der Waals surface area (Å²) in [6.07, 6.45) is 2.62. The maximum Gasteiger partial charge on any atom is 0.407 e. The maximum absolute atomic E-state index is 12.2. The molecular formula is C35H57N7O12S. The summed E-state index contributed by atoms with van der Waals surface area (Å²) < 4.78 is 32.8. The molecule has 7 N–H and O–H groups in total. The van der Waals surface area contributed by atoms with Crippen molar-refractivity contribution < 1.29 is 52.5 Å². The van der Waals surface area contributed by atoms with Gasteiger partial charge in [0.05, 0.1) is 82.0 Å². The molecule has 1 aromatic carbocycles. The topological polar surface area (TPSA) is 253 Å². The second-order valence-corrected chi connectivity index (χ2v) is 14.1. The van der Waals surface area contributed by atoms with Crippen LogP contribution in [0.1, 0.15) is 63.5 Å². The van der Waals surface area contributed by atoms with Crippen LogP contribution in [0.25, 0.3) is 0 Å². The number of amides is 5. The number of nitrogens with one attached hydrogen (secondary N) is 5. The van der Waals surface area contributed by atoms with Gasteiger partial charge in [-0.1, -0.05) is 6.42 Å². The third kappa shape index (κ3) is 17.1. The first kappa shape index (κ1) is 45.3. The zero-order valence-electron chi connectivity index (χ0n) is 31.7. The molecule has 4 atom stereocenters. The largest absolute Gasteiger partial charge is 0.493 e. The highest BCUT2D eigenvalue weighted by Crippen LogP contribution is 2.38. The summed E-state index contributed by atoms with van der Waals surface area (Å²) in [7, 11) is 1.39. The smallest absolute Gasteiger partial charge is 0.407 e. The number of nitro benzene ring substituents is 1. The molecule has 2 aliphatic heterocycles. The lowest BCUT2D eigenvalue weighted by molar-refractivity contribution is -0.386. The van der Waals surface area contributed by atoms with E-state index in [1.54, 1.807) is 0 Å². The second-order valence-electron chi connectivity index (χ2n) is 12.8. The van der Waals surface area contributed by atoms with Crippen LogP contribution >= 0.6 is 11.8 Å². The van der Waals surface area contributed by atoms with Crippen molar-refractivity contribution in [1.82, 2.24) is 26.6 Å². The van der Waals surface area contributed by atoms with Crippen LogP contribution in [0.2, 0.25) is 0 Å². The number of alkyl carbamates (subject to hydrolysis) is 1. The van der Waals surface area contributed by atoms with Crippen molar-refractivity contribution in [3.63, 3.8) is 0 Å². The number of hydrogen-bond acceptors (Lipinski definition) is 14. The molecule has 5 amide bonds. The summed E-state index contributed by atoms with van der Waals surface area (Å²) in [5.41, 5.74) is 5.25. The Morgan fingerprint density at radius 1 is 0.891 bits per heavy atom. The van der Waals surface area contributed by atoms with E-state index in [1.807, 2.05) is 11.8 Å². The maximum atomic E-state index is 12.2. The van der Waals surface area contributed by atoms with Gasteiger partial charge in [0.25, 0.3) is 5.69 Å². The molecule has 2 saturated heterocycles. The normalized spacial score (nSPS) is 17.7. The lowest BCUT2D eigenvalue weighted by atomic mass is 10.0. The highest BCUT2D eigenvalue weighted by molar-refractivity contribution is 8.00. The highest BCUT2D eigenvalue weighted by Gasteiger charge is 2.42. The fraction of sp³-hybridized carbons (Fsp3) is 0.714. The molecule has 1 unspecified atom stereocenters. The Labute approximate surface area is 325 Å². The van der Waals surface area contributed by atoms with Crippen LogP contribution in [0.4, 0.5) is 15.3 Å². The van der Waals surface area contributed by atoms with Gasteiger partial charge in [0.15, 0.2) is 11.5 Å². The number of benzene rings is 1. The van der Waals surface area contributed by atoms with Gasteiger partial charge in [0, 0.05) is 43.5 Å². The molecular weight excluding hydrogens is 742 g/mol. The Bertz CT molecular complexity index is 1380. The van der Waals surface area contributed by atoms with Crippen LogP contribution in [0, 0.1) is 10.1 Å². The zero-order chi connectivity index (χ0) is 39.8. The van der Waals surface area contributed by atoms with Gasteiger partial charge in [-0.3, -0.25) is 19.7 Å². The number of nitro groups is 1. The minimum atomic E-state index is -0.945. The van der Waals surface area contributed by atoms with Crippen LogP contribution in [0.15, 0.2) is 12.1 Å². The van der Waals surface area contributed by atoms with E-state index < -0.39 is 17.1 Å². The lowest BCUT2D eigenvalue weighted by Gasteiger charge is -2.17. The average Bonchev–Trinajstić information content (AvgIpc) is 3.72. The molecule has 2 heterocycles. The number of nitrogens with two attached hydrogens (primary N) is 1. The van der Waals surface area contributed by atoms with Gasteiger partial charge in [-0.2, -0.15) is 11.8 Å². The van der Waals surface area contributed by atoms with E-state index in [2.05, 4.69) is 26.6 Å². The Kier molecular flexibility index (Phi) is 21.3. The first-order valence-electron chi connectivity index (χ1n) is 18.7. The van der Waals surface area contributed by atoms with E-state index in [0.29, 0.717) is 90.3 Å². The van der Waals surface area contributed by atoms with Crippen molar-refractivity contribution >= 4 is 41.4 Å². The first-order valence-corrected chi connectivity index (χ1v) is 19.8. The van der Waals surface area contributed by atoms with Gasteiger partial charge in [0.2, 0.25) is 11.8 Å². The number of fused-ring (bicyclic) bond motifs is 1. The Morgan fingerprint density at radius 3 is 2.18 bits per heavy atom. The van der Waals surface area contributed by atoms with Crippen molar-refractivity contribution in [2.75, 3.05) is 85.3 Å². The molecule has 0 radical (unpaired) electrons. The fourth-order valence-electron chi connectivity index (χ4n) is 5.81. The first-order chi connectivity index (χ1) is 26.6. The number of urea groups is 1. The van der Waals surface area contributed by atoms with Crippen molar-refractivity contribution in [2.45, 2.75) is 75.3 Å². The third-order valence-corrected chi connectivity index (χ3v) is 10.2. The number of ether oxygens (including phenoxy) is 6. The summed E-state index contributed by atoms with van der Waals surface area (Å²) >= 11 is 1.88.